The summed E-state index contributed by atoms with van der Waals surface area (Å²) in [6.45, 7) is 0. The van der Waals surface area contributed by atoms with Crippen molar-refractivity contribution in [3.63, 3.8) is 0 Å². The Bertz CT molecular complexity index is 330. The molecule has 11 heavy (non-hydrogen) atoms. The van der Waals surface area contributed by atoms with Crippen molar-refractivity contribution in [1.29, 1.82) is 5.26 Å². The van der Waals surface area contributed by atoms with Gasteiger partial charge < -0.3 is 0 Å². The molecule has 56 valence electrons. The molecule has 0 aromatic heterocycles. The van der Waals surface area contributed by atoms with Gasteiger partial charge in [0.2, 0.25) is 0 Å². The minimum Gasteiger partial charge on any atom is -0.192 e. The number of nitriles is 1. The van der Waals surface area contributed by atoms with Crippen LogP contribution >= 0.6 is 39.1 Å². The molecule has 0 radical (unpaired) electrons. The summed E-state index contributed by atoms with van der Waals surface area (Å²) in [6, 6.07) is 5.10. The van der Waals surface area contributed by atoms with Crippen LogP contribution in [0.4, 0.5) is 0 Å². The van der Waals surface area contributed by atoms with Crippen LogP contribution in [0.1, 0.15) is 5.56 Å². The van der Waals surface area contributed by atoms with Crippen molar-refractivity contribution in [2.75, 3.05) is 0 Å². The van der Waals surface area contributed by atoms with Crippen LogP contribution in [-0.4, -0.2) is 0 Å². The van der Waals surface area contributed by atoms with Crippen molar-refractivity contribution in [3.8, 4) is 6.07 Å². The molecule has 1 nitrogen and oxygen atoms in total. The summed E-state index contributed by atoms with van der Waals surface area (Å²) >= 11 is 14.6. The average Bonchev–Trinajstić information content (AvgIpc) is 1.96. The first-order valence-corrected chi connectivity index (χ1v) is 4.24. The fourth-order valence-electron chi connectivity index (χ4n) is 0.637. The predicted molar refractivity (Wildman–Crippen MR) is 48.9 cm³/mol. The number of halogens is 3. The lowest BCUT2D eigenvalue weighted by Crippen LogP contribution is -1.78. The molecular weight excluding hydrogens is 249 g/mol. The molecular formula is C7H2BrCl2N. The van der Waals surface area contributed by atoms with E-state index in [0.29, 0.717) is 20.1 Å². The molecule has 0 bridgehead atoms. The molecule has 0 aliphatic rings. The first-order valence-electron chi connectivity index (χ1n) is 2.70. The number of rotatable bonds is 0. The van der Waals surface area contributed by atoms with E-state index in [4.69, 9.17) is 28.5 Å². The van der Waals surface area contributed by atoms with E-state index in [-0.39, 0.29) is 0 Å². The summed E-state index contributed by atoms with van der Waals surface area (Å²) in [4.78, 5) is 0. The molecule has 0 spiro atoms. The number of nitrogens with zero attached hydrogens (tertiary/aromatic N) is 1. The standard InChI is InChI=1S/C7H2BrCl2N/c8-6-2-5(9)1-4(3-11)7(6)10/h1-2H. The second-order valence-corrected chi connectivity index (χ2v) is 3.53. The predicted octanol–water partition coefficient (Wildman–Crippen LogP) is 3.63. The zero-order chi connectivity index (χ0) is 8.43. The van der Waals surface area contributed by atoms with Gasteiger partial charge >= 0.3 is 0 Å². The molecule has 4 heteroatoms. The highest BCUT2D eigenvalue weighted by Gasteiger charge is 2.04. The van der Waals surface area contributed by atoms with Gasteiger partial charge in [-0.2, -0.15) is 5.26 Å². The Labute approximate surface area is 82.7 Å². The monoisotopic (exact) mass is 249 g/mol. The van der Waals surface area contributed by atoms with E-state index < -0.39 is 0 Å². The van der Waals surface area contributed by atoms with Crippen molar-refractivity contribution in [2.24, 2.45) is 0 Å². The molecule has 0 aliphatic heterocycles. The van der Waals surface area contributed by atoms with Crippen molar-refractivity contribution in [1.82, 2.24) is 0 Å². The highest BCUT2D eigenvalue weighted by atomic mass is 79.9. The molecule has 0 atom stereocenters. The van der Waals surface area contributed by atoms with Crippen molar-refractivity contribution < 1.29 is 0 Å². The van der Waals surface area contributed by atoms with Crippen LogP contribution in [-0.2, 0) is 0 Å². The molecule has 0 saturated carbocycles. The quantitative estimate of drug-likeness (QED) is 0.646. The minimum absolute atomic E-state index is 0.381. The highest BCUT2D eigenvalue weighted by molar-refractivity contribution is 9.10. The van der Waals surface area contributed by atoms with Crippen LogP contribution in [0.5, 0.6) is 0 Å². The second-order valence-electron chi connectivity index (χ2n) is 1.86. The topological polar surface area (TPSA) is 23.8 Å². The van der Waals surface area contributed by atoms with Crippen LogP contribution in [0.3, 0.4) is 0 Å². The lowest BCUT2D eigenvalue weighted by molar-refractivity contribution is 1.47. The molecule has 1 aromatic carbocycles. The average molecular weight is 251 g/mol. The fourth-order valence-corrected chi connectivity index (χ4v) is 1.60. The Morgan fingerprint density at radius 3 is 2.55 bits per heavy atom. The highest BCUT2D eigenvalue weighted by Crippen LogP contribution is 2.29. The number of hydrogen-bond donors (Lipinski definition) is 0. The fraction of sp³-hybridized carbons (Fsp3) is 0. The van der Waals surface area contributed by atoms with Gasteiger partial charge in [0.1, 0.15) is 6.07 Å². The third kappa shape index (κ3) is 1.87. The first kappa shape index (κ1) is 8.86. The van der Waals surface area contributed by atoms with Crippen LogP contribution in [0.2, 0.25) is 10.0 Å². The maximum absolute atomic E-state index is 8.55. The van der Waals surface area contributed by atoms with Gasteiger partial charge in [-0.1, -0.05) is 23.2 Å². The summed E-state index contributed by atoms with van der Waals surface area (Å²) in [6.07, 6.45) is 0. The SMILES string of the molecule is N#Cc1cc(Cl)cc(Br)c1Cl. The lowest BCUT2D eigenvalue weighted by Gasteiger charge is -1.97. The molecule has 0 aliphatic carbocycles. The summed E-state index contributed by atoms with van der Waals surface area (Å²) in [5, 5.41) is 9.45. The Balaban J connectivity index is 3.39. The van der Waals surface area contributed by atoms with E-state index in [1.54, 1.807) is 6.07 Å². The molecule has 1 rings (SSSR count). The van der Waals surface area contributed by atoms with Crippen LogP contribution in [0.15, 0.2) is 16.6 Å². The zero-order valence-electron chi connectivity index (χ0n) is 5.24. The molecule has 0 N–H and O–H groups in total. The first-order chi connectivity index (χ1) is 5.15. The minimum atomic E-state index is 0.381. The molecule has 0 amide bonds. The Morgan fingerprint density at radius 2 is 2.00 bits per heavy atom. The molecule has 1 aromatic rings. The zero-order valence-corrected chi connectivity index (χ0v) is 8.33. The van der Waals surface area contributed by atoms with Gasteiger partial charge in [-0.05, 0) is 28.1 Å². The van der Waals surface area contributed by atoms with Crippen molar-refractivity contribution >= 4 is 39.1 Å². The van der Waals surface area contributed by atoms with Crippen molar-refractivity contribution in [3.05, 3.63) is 32.2 Å². The normalized spacial score (nSPS) is 9.27. The summed E-state index contributed by atoms with van der Waals surface area (Å²) in [5.41, 5.74) is 0.381. The van der Waals surface area contributed by atoms with Gasteiger partial charge in [-0.25, -0.2) is 0 Å². The van der Waals surface area contributed by atoms with Gasteiger partial charge in [0.25, 0.3) is 0 Å². The van der Waals surface area contributed by atoms with Crippen LogP contribution < -0.4 is 0 Å². The maximum Gasteiger partial charge on any atom is 0.101 e. The Hall–Kier alpha value is -0.230. The Morgan fingerprint density at radius 1 is 1.36 bits per heavy atom. The Kier molecular flexibility index (Phi) is 2.78. The van der Waals surface area contributed by atoms with Gasteiger partial charge in [0.15, 0.2) is 0 Å². The second kappa shape index (κ2) is 3.44. The summed E-state index contributed by atoms with van der Waals surface area (Å²) in [5.74, 6) is 0. The van der Waals surface area contributed by atoms with E-state index in [9.17, 15) is 0 Å². The smallest absolute Gasteiger partial charge is 0.101 e. The van der Waals surface area contributed by atoms with Gasteiger partial charge in [0, 0.05) is 9.50 Å². The van der Waals surface area contributed by atoms with Crippen LogP contribution in [0, 0.1) is 11.3 Å². The molecule has 0 heterocycles. The van der Waals surface area contributed by atoms with E-state index in [2.05, 4.69) is 15.9 Å². The van der Waals surface area contributed by atoms with Crippen molar-refractivity contribution in [2.45, 2.75) is 0 Å². The molecule has 0 saturated heterocycles. The van der Waals surface area contributed by atoms with Crippen LogP contribution in [0.25, 0.3) is 0 Å². The number of hydrogen-bond acceptors (Lipinski definition) is 1. The molecule has 0 unspecified atom stereocenters. The van der Waals surface area contributed by atoms with E-state index in [1.807, 2.05) is 6.07 Å². The maximum atomic E-state index is 8.55. The largest absolute Gasteiger partial charge is 0.192 e. The van der Waals surface area contributed by atoms with Gasteiger partial charge in [0.05, 0.1) is 10.6 Å². The van der Waals surface area contributed by atoms with E-state index in [0.717, 1.165) is 0 Å². The lowest BCUT2D eigenvalue weighted by atomic mass is 10.2. The van der Waals surface area contributed by atoms with E-state index in [1.165, 1.54) is 6.07 Å². The van der Waals surface area contributed by atoms with Gasteiger partial charge in [-0.3, -0.25) is 0 Å². The van der Waals surface area contributed by atoms with E-state index >= 15 is 0 Å². The summed E-state index contributed by atoms with van der Waals surface area (Å²) in [7, 11) is 0. The molecule has 0 fully saturated rings. The third-order valence-electron chi connectivity index (χ3n) is 1.11. The third-order valence-corrected chi connectivity index (χ3v) is 2.59. The summed E-state index contributed by atoms with van der Waals surface area (Å²) < 4.78 is 0.642. The number of benzene rings is 1. The van der Waals surface area contributed by atoms with Gasteiger partial charge in [-0.15, -0.1) is 0 Å².